The maximum atomic E-state index is 15.4. The number of ether oxygens (including phenoxy) is 1. The predicted molar refractivity (Wildman–Crippen MR) is 120 cm³/mol. The number of aliphatic hydroxyl groups is 1. The van der Waals surface area contributed by atoms with Crippen LogP contribution in [0, 0.1) is 12.9 Å². The zero-order valence-corrected chi connectivity index (χ0v) is 19.1. The second kappa shape index (κ2) is 10.7. The molecule has 1 aromatic carbocycles. The van der Waals surface area contributed by atoms with Crippen LogP contribution in [0.15, 0.2) is 47.6 Å². The van der Waals surface area contributed by atoms with E-state index >= 15 is 8.78 Å². The Morgan fingerprint density at radius 2 is 2.00 bits per heavy atom. The third kappa shape index (κ3) is 5.75. The van der Waals surface area contributed by atoms with Crippen LogP contribution >= 0.6 is 0 Å². The number of hydrogen-bond donors (Lipinski definition) is 1. The van der Waals surface area contributed by atoms with Gasteiger partial charge in [0.2, 0.25) is 5.95 Å². The lowest BCUT2D eigenvalue weighted by Crippen LogP contribution is -2.46. The van der Waals surface area contributed by atoms with E-state index in [9.17, 15) is 9.50 Å². The third-order valence-corrected chi connectivity index (χ3v) is 5.24. The molecular formula is C24H30F3N3O2. The molecule has 0 fully saturated rings. The second-order valence-electron chi connectivity index (χ2n) is 7.69. The highest BCUT2D eigenvalue weighted by Crippen LogP contribution is 2.44. The molecule has 1 aromatic heterocycles. The average molecular weight is 450 g/mol. The molecule has 0 bridgehead atoms. The SMILES string of the molecule is C/C=C/C(F)(F)C(O)(Cc1ccnc(F)c1)c1cc(C)c(N=CN(C)CC)cc1COC. The Labute approximate surface area is 187 Å². The fraction of sp³-hybridized carbons (Fsp3) is 0.417. The van der Waals surface area contributed by atoms with E-state index in [2.05, 4.69) is 9.98 Å². The first-order chi connectivity index (χ1) is 15.1. The van der Waals surface area contributed by atoms with Crippen molar-refractivity contribution >= 4 is 12.0 Å². The predicted octanol–water partition coefficient (Wildman–Crippen LogP) is 4.93. The summed E-state index contributed by atoms with van der Waals surface area (Å²) >= 11 is 0. The monoisotopic (exact) mass is 449 g/mol. The van der Waals surface area contributed by atoms with Crippen LogP contribution in [0.2, 0.25) is 0 Å². The second-order valence-corrected chi connectivity index (χ2v) is 7.69. The molecule has 0 aliphatic carbocycles. The van der Waals surface area contributed by atoms with Crippen LogP contribution in [-0.2, 0) is 23.4 Å². The largest absolute Gasteiger partial charge is 0.380 e. The Balaban J connectivity index is 2.71. The van der Waals surface area contributed by atoms with Crippen LogP contribution in [0.4, 0.5) is 18.9 Å². The van der Waals surface area contributed by atoms with Crippen LogP contribution in [0.5, 0.6) is 0 Å². The number of rotatable bonds is 10. The van der Waals surface area contributed by atoms with Crippen LogP contribution in [-0.4, -0.2) is 48.0 Å². The Bertz CT molecular complexity index is 979. The van der Waals surface area contributed by atoms with Gasteiger partial charge in [-0.2, -0.15) is 13.2 Å². The van der Waals surface area contributed by atoms with E-state index in [0.717, 1.165) is 12.6 Å². The van der Waals surface area contributed by atoms with Crippen molar-refractivity contribution in [1.82, 2.24) is 9.88 Å². The van der Waals surface area contributed by atoms with Gasteiger partial charge in [-0.3, -0.25) is 0 Å². The Hall–Kier alpha value is -2.71. The van der Waals surface area contributed by atoms with Crippen molar-refractivity contribution in [3.63, 3.8) is 0 Å². The molecule has 1 atom stereocenters. The van der Waals surface area contributed by atoms with Gasteiger partial charge in [-0.25, -0.2) is 9.98 Å². The number of hydrogen-bond acceptors (Lipinski definition) is 4. The lowest BCUT2D eigenvalue weighted by molar-refractivity contribution is -0.156. The molecule has 174 valence electrons. The number of halogens is 3. The van der Waals surface area contributed by atoms with Gasteiger partial charge < -0.3 is 14.7 Å². The molecular weight excluding hydrogens is 419 g/mol. The van der Waals surface area contributed by atoms with Crippen molar-refractivity contribution in [2.75, 3.05) is 20.7 Å². The van der Waals surface area contributed by atoms with Crippen LogP contribution in [0.1, 0.15) is 36.1 Å². The average Bonchev–Trinajstić information content (AvgIpc) is 2.73. The van der Waals surface area contributed by atoms with Gasteiger partial charge in [0.1, 0.15) is 0 Å². The van der Waals surface area contributed by atoms with Gasteiger partial charge in [0, 0.05) is 33.3 Å². The standard InChI is InChI=1S/C24H30F3N3O2/c1-6-9-24(26,27)23(31,14-18-8-10-28-22(25)12-18)20-11-17(3)21(13-19(20)15-32-5)29-16-30(4)7-2/h6,8-13,16,31H,7,14-15H2,1-5H3/b9-6+,29-16?. The fourth-order valence-electron chi connectivity index (χ4n) is 3.37. The van der Waals surface area contributed by atoms with Gasteiger partial charge in [0.05, 0.1) is 18.6 Å². The minimum absolute atomic E-state index is 0.0000310. The van der Waals surface area contributed by atoms with Crippen molar-refractivity contribution in [2.24, 2.45) is 4.99 Å². The summed E-state index contributed by atoms with van der Waals surface area (Å²) in [5.74, 6) is -4.46. The Morgan fingerprint density at radius 3 is 2.59 bits per heavy atom. The van der Waals surface area contributed by atoms with Gasteiger partial charge in [0.15, 0.2) is 5.60 Å². The van der Waals surface area contributed by atoms with Gasteiger partial charge in [-0.05, 0) is 67.3 Å². The number of aliphatic imine (C=N–C) groups is 1. The van der Waals surface area contributed by atoms with E-state index in [1.807, 2.05) is 18.9 Å². The van der Waals surface area contributed by atoms with Gasteiger partial charge in [0.25, 0.3) is 5.92 Å². The number of benzene rings is 1. The first-order valence-electron chi connectivity index (χ1n) is 10.3. The first kappa shape index (κ1) is 25.5. The summed E-state index contributed by atoms with van der Waals surface area (Å²) < 4.78 is 49.6. The fourth-order valence-corrected chi connectivity index (χ4v) is 3.37. The van der Waals surface area contributed by atoms with Crippen LogP contribution in [0.25, 0.3) is 0 Å². The van der Waals surface area contributed by atoms with E-state index in [4.69, 9.17) is 4.74 Å². The molecule has 0 amide bonds. The van der Waals surface area contributed by atoms with Crippen LogP contribution < -0.4 is 0 Å². The maximum Gasteiger partial charge on any atom is 0.298 e. The minimum atomic E-state index is -3.65. The lowest BCUT2D eigenvalue weighted by atomic mass is 9.78. The Kier molecular flexibility index (Phi) is 8.58. The molecule has 0 saturated carbocycles. The maximum absolute atomic E-state index is 15.4. The zero-order chi connectivity index (χ0) is 23.9. The highest BCUT2D eigenvalue weighted by Gasteiger charge is 2.53. The summed E-state index contributed by atoms with van der Waals surface area (Å²) in [7, 11) is 3.31. The normalized spacial score (nSPS) is 14.3. The molecule has 0 aliphatic heterocycles. The van der Waals surface area contributed by atoms with Crippen molar-refractivity contribution in [3.05, 3.63) is 70.8 Å². The molecule has 1 unspecified atom stereocenters. The molecule has 2 rings (SSSR count). The van der Waals surface area contributed by atoms with Crippen molar-refractivity contribution in [3.8, 4) is 0 Å². The van der Waals surface area contributed by atoms with E-state index < -0.39 is 23.9 Å². The third-order valence-electron chi connectivity index (χ3n) is 5.24. The van der Waals surface area contributed by atoms with E-state index in [0.29, 0.717) is 22.9 Å². The number of alkyl halides is 2. The first-order valence-corrected chi connectivity index (χ1v) is 10.3. The topological polar surface area (TPSA) is 58.0 Å². The summed E-state index contributed by atoms with van der Waals surface area (Å²) in [5.41, 5.74) is -0.916. The summed E-state index contributed by atoms with van der Waals surface area (Å²) in [5, 5.41) is 11.5. The molecule has 0 saturated heterocycles. The molecule has 0 radical (unpaired) electrons. The smallest absolute Gasteiger partial charge is 0.298 e. The summed E-state index contributed by atoms with van der Waals surface area (Å²) in [6.07, 6.45) is 4.14. The van der Waals surface area contributed by atoms with Crippen molar-refractivity contribution in [2.45, 2.75) is 45.3 Å². The number of pyridine rings is 1. The summed E-state index contributed by atoms with van der Waals surface area (Å²) in [4.78, 5) is 9.78. The van der Waals surface area contributed by atoms with E-state index in [1.165, 1.54) is 38.4 Å². The molecule has 32 heavy (non-hydrogen) atoms. The molecule has 0 spiro atoms. The molecule has 8 heteroatoms. The summed E-state index contributed by atoms with van der Waals surface area (Å²) in [6, 6.07) is 5.58. The number of aromatic nitrogens is 1. The zero-order valence-electron chi connectivity index (χ0n) is 19.1. The number of allylic oxidation sites excluding steroid dienone is 1. The Morgan fingerprint density at radius 1 is 1.28 bits per heavy atom. The minimum Gasteiger partial charge on any atom is -0.380 e. The van der Waals surface area contributed by atoms with Crippen molar-refractivity contribution in [1.29, 1.82) is 0 Å². The highest BCUT2D eigenvalue weighted by molar-refractivity contribution is 5.64. The number of methoxy groups -OCH3 is 1. The molecule has 1 N–H and O–H groups in total. The summed E-state index contributed by atoms with van der Waals surface area (Å²) in [6.45, 7) is 5.90. The molecule has 1 heterocycles. The molecule has 0 aliphatic rings. The number of nitrogens with zero attached hydrogens (tertiary/aromatic N) is 3. The van der Waals surface area contributed by atoms with Gasteiger partial charge in [-0.15, -0.1) is 0 Å². The molecule has 2 aromatic rings. The number of aryl methyl sites for hydroxylation is 1. The van der Waals surface area contributed by atoms with Crippen molar-refractivity contribution < 1.29 is 23.0 Å². The lowest BCUT2D eigenvalue weighted by Gasteiger charge is -2.36. The van der Waals surface area contributed by atoms with E-state index in [1.54, 1.807) is 19.3 Å². The van der Waals surface area contributed by atoms with Gasteiger partial charge in [-0.1, -0.05) is 12.1 Å². The molecule has 5 nitrogen and oxygen atoms in total. The van der Waals surface area contributed by atoms with Gasteiger partial charge >= 0.3 is 0 Å². The highest BCUT2D eigenvalue weighted by atomic mass is 19.3. The van der Waals surface area contributed by atoms with E-state index in [-0.39, 0.29) is 17.7 Å². The quantitative estimate of drug-likeness (QED) is 0.242. The van der Waals surface area contributed by atoms with Crippen LogP contribution in [0.3, 0.4) is 0 Å².